The molecule has 16 heavy (non-hydrogen) atoms. The van der Waals surface area contributed by atoms with Gasteiger partial charge in [0.2, 0.25) is 0 Å². The number of nitrogens with zero attached hydrogens (tertiary/aromatic N) is 1. The van der Waals surface area contributed by atoms with Crippen molar-refractivity contribution in [3.63, 3.8) is 0 Å². The molecule has 0 aromatic heterocycles. The third-order valence-corrected chi connectivity index (χ3v) is 2.68. The molecule has 4 N–H and O–H groups in total. The van der Waals surface area contributed by atoms with Gasteiger partial charge in [0.05, 0.1) is 13.2 Å². The van der Waals surface area contributed by atoms with Crippen LogP contribution in [0.2, 0.25) is 0 Å². The van der Waals surface area contributed by atoms with E-state index >= 15 is 0 Å². The minimum absolute atomic E-state index is 0.0282. The molecule has 0 radical (unpaired) electrons. The molecule has 0 aromatic rings. The van der Waals surface area contributed by atoms with Crippen LogP contribution in [-0.2, 0) is 0 Å². The third kappa shape index (κ3) is 6.74. The van der Waals surface area contributed by atoms with Gasteiger partial charge in [-0.2, -0.15) is 5.10 Å². The van der Waals surface area contributed by atoms with Crippen molar-refractivity contribution in [2.75, 3.05) is 13.2 Å². The quantitative estimate of drug-likeness (QED) is 0.266. The van der Waals surface area contributed by atoms with Crippen LogP contribution in [0.25, 0.3) is 0 Å². The van der Waals surface area contributed by atoms with Crippen LogP contribution in [0.5, 0.6) is 0 Å². The van der Waals surface area contributed by atoms with Crippen LogP contribution >= 0.6 is 11.6 Å². The Hall–Kier alpha value is -0.680. The summed E-state index contributed by atoms with van der Waals surface area (Å²) in [6.45, 7) is 1.73. The first-order chi connectivity index (χ1) is 7.65. The van der Waals surface area contributed by atoms with Crippen molar-refractivity contribution in [1.29, 1.82) is 5.41 Å². The molecular weight excluding hydrogens is 231 g/mol. The highest BCUT2D eigenvalue weighted by molar-refractivity contribution is 6.21. The van der Waals surface area contributed by atoms with Gasteiger partial charge >= 0.3 is 0 Å². The van der Waals surface area contributed by atoms with Crippen LogP contribution in [-0.4, -0.2) is 30.6 Å². The monoisotopic (exact) mass is 250 g/mol. The second-order valence-corrected chi connectivity index (χ2v) is 4.08. The second-order valence-electron chi connectivity index (χ2n) is 3.52. The zero-order valence-corrected chi connectivity index (χ0v) is 10.3. The van der Waals surface area contributed by atoms with Crippen molar-refractivity contribution < 1.29 is 4.39 Å². The van der Waals surface area contributed by atoms with E-state index in [9.17, 15) is 4.39 Å². The lowest BCUT2D eigenvalue weighted by atomic mass is 9.99. The lowest BCUT2D eigenvalue weighted by Gasteiger charge is -2.16. The van der Waals surface area contributed by atoms with Gasteiger partial charge in [0, 0.05) is 17.5 Å². The largest absolute Gasteiger partial charge is 0.324 e. The summed E-state index contributed by atoms with van der Waals surface area (Å²) < 4.78 is 12.2. The van der Waals surface area contributed by atoms with Crippen LogP contribution in [0.1, 0.15) is 26.2 Å². The van der Waals surface area contributed by atoms with Crippen molar-refractivity contribution in [3.8, 4) is 0 Å². The van der Waals surface area contributed by atoms with E-state index in [-0.39, 0.29) is 23.7 Å². The number of hydrazone groups is 1. The summed E-state index contributed by atoms with van der Waals surface area (Å²) in [5.41, 5.74) is 7.71. The standard InChI is InChI=1S/C10H20ClFN4/c1-2-3-8(9(11)4-5-12)7-15-16-10(14)6-13/h7-9H,2-6,13H2,1H3,(H2,14,16)/b15-7+. The number of rotatable bonds is 8. The van der Waals surface area contributed by atoms with Gasteiger partial charge in [-0.3, -0.25) is 15.2 Å². The van der Waals surface area contributed by atoms with E-state index < -0.39 is 6.67 Å². The van der Waals surface area contributed by atoms with E-state index in [1.807, 2.05) is 6.92 Å². The Kier molecular flexibility index (Phi) is 9.13. The molecule has 0 heterocycles. The SMILES string of the molecule is CCCC(/C=N/NC(=N)CN)C(Cl)CCF. The Labute approximate surface area is 101 Å². The molecule has 94 valence electrons. The Balaban J connectivity index is 4.15. The lowest BCUT2D eigenvalue weighted by Crippen LogP contribution is -2.26. The molecule has 0 aliphatic rings. The van der Waals surface area contributed by atoms with E-state index in [1.54, 1.807) is 6.21 Å². The van der Waals surface area contributed by atoms with Gasteiger partial charge in [-0.05, 0) is 12.8 Å². The molecule has 0 saturated carbocycles. The first kappa shape index (κ1) is 15.3. The minimum Gasteiger partial charge on any atom is -0.324 e. The van der Waals surface area contributed by atoms with Gasteiger partial charge in [-0.15, -0.1) is 11.6 Å². The van der Waals surface area contributed by atoms with Gasteiger partial charge in [0.25, 0.3) is 0 Å². The molecule has 2 atom stereocenters. The number of nitrogens with one attached hydrogen (secondary N) is 2. The molecule has 0 aromatic carbocycles. The molecule has 0 bridgehead atoms. The first-order valence-electron chi connectivity index (χ1n) is 5.42. The van der Waals surface area contributed by atoms with Crippen molar-refractivity contribution in [3.05, 3.63) is 0 Å². The molecule has 0 spiro atoms. The molecule has 4 nitrogen and oxygen atoms in total. The van der Waals surface area contributed by atoms with Crippen LogP contribution in [0.4, 0.5) is 4.39 Å². The van der Waals surface area contributed by atoms with Crippen LogP contribution in [0.3, 0.4) is 0 Å². The Bertz CT molecular complexity index is 223. The average Bonchev–Trinajstić information content (AvgIpc) is 2.28. The van der Waals surface area contributed by atoms with Crippen molar-refractivity contribution in [1.82, 2.24) is 5.43 Å². The summed E-state index contributed by atoms with van der Waals surface area (Å²) in [5.74, 6) is 0.170. The van der Waals surface area contributed by atoms with E-state index in [1.165, 1.54) is 0 Å². The number of hydrogen-bond acceptors (Lipinski definition) is 3. The Morgan fingerprint density at radius 3 is 2.81 bits per heavy atom. The average molecular weight is 251 g/mol. The smallest absolute Gasteiger partial charge is 0.128 e. The highest BCUT2D eigenvalue weighted by Crippen LogP contribution is 2.18. The van der Waals surface area contributed by atoms with Gasteiger partial charge in [0.1, 0.15) is 5.84 Å². The Morgan fingerprint density at radius 1 is 1.62 bits per heavy atom. The fourth-order valence-electron chi connectivity index (χ4n) is 1.26. The third-order valence-electron chi connectivity index (χ3n) is 2.14. The highest BCUT2D eigenvalue weighted by atomic mass is 35.5. The number of amidine groups is 1. The van der Waals surface area contributed by atoms with Crippen LogP contribution < -0.4 is 11.2 Å². The summed E-state index contributed by atoms with van der Waals surface area (Å²) in [7, 11) is 0. The van der Waals surface area contributed by atoms with Gasteiger partial charge < -0.3 is 5.73 Å². The van der Waals surface area contributed by atoms with Gasteiger partial charge in [-0.25, -0.2) is 0 Å². The number of alkyl halides is 2. The normalized spacial score (nSPS) is 15.0. The molecule has 0 amide bonds. The first-order valence-corrected chi connectivity index (χ1v) is 5.86. The molecule has 0 aliphatic carbocycles. The number of halogens is 2. The maximum atomic E-state index is 12.2. The van der Waals surface area contributed by atoms with E-state index in [2.05, 4.69) is 10.5 Å². The second kappa shape index (κ2) is 9.54. The zero-order chi connectivity index (χ0) is 12.4. The van der Waals surface area contributed by atoms with E-state index in [0.717, 1.165) is 12.8 Å². The predicted molar refractivity (Wildman–Crippen MR) is 67.0 cm³/mol. The lowest BCUT2D eigenvalue weighted by molar-refractivity contribution is 0.437. The van der Waals surface area contributed by atoms with Crippen molar-refractivity contribution >= 4 is 23.7 Å². The fourth-order valence-corrected chi connectivity index (χ4v) is 1.53. The predicted octanol–water partition coefficient (Wildman–Crippen LogP) is 1.88. The molecule has 0 rings (SSSR count). The van der Waals surface area contributed by atoms with E-state index in [0.29, 0.717) is 6.42 Å². The topological polar surface area (TPSA) is 74.3 Å². The molecule has 2 unspecified atom stereocenters. The summed E-state index contributed by atoms with van der Waals surface area (Å²) in [5, 5.41) is 10.9. The van der Waals surface area contributed by atoms with Gasteiger partial charge in [0.15, 0.2) is 0 Å². The highest BCUT2D eigenvalue weighted by Gasteiger charge is 2.16. The summed E-state index contributed by atoms with van der Waals surface area (Å²) in [4.78, 5) is 0. The molecule has 0 saturated heterocycles. The van der Waals surface area contributed by atoms with Gasteiger partial charge in [-0.1, -0.05) is 13.3 Å². The maximum Gasteiger partial charge on any atom is 0.128 e. The molecule has 0 fully saturated rings. The summed E-state index contributed by atoms with van der Waals surface area (Å²) in [6, 6.07) is 0. The zero-order valence-electron chi connectivity index (χ0n) is 9.55. The molecule has 0 aliphatic heterocycles. The van der Waals surface area contributed by atoms with Crippen LogP contribution in [0, 0.1) is 11.3 Å². The summed E-state index contributed by atoms with van der Waals surface area (Å²) in [6.07, 6.45) is 3.78. The minimum atomic E-state index is -0.422. The number of nitrogens with two attached hydrogens (primary N) is 1. The summed E-state index contributed by atoms with van der Waals surface area (Å²) >= 11 is 6.04. The Morgan fingerprint density at radius 2 is 2.31 bits per heavy atom. The van der Waals surface area contributed by atoms with Crippen molar-refractivity contribution in [2.24, 2.45) is 16.8 Å². The molecular formula is C10H20ClFN4. The fraction of sp³-hybridized carbons (Fsp3) is 0.800. The van der Waals surface area contributed by atoms with Crippen molar-refractivity contribution in [2.45, 2.75) is 31.6 Å². The maximum absolute atomic E-state index is 12.2. The molecule has 6 heteroatoms. The van der Waals surface area contributed by atoms with Crippen LogP contribution in [0.15, 0.2) is 5.10 Å². The number of hydrogen-bond donors (Lipinski definition) is 3. The van der Waals surface area contributed by atoms with E-state index in [4.69, 9.17) is 22.7 Å².